The Kier molecular flexibility index (Phi) is 5.14. The van der Waals surface area contributed by atoms with E-state index in [9.17, 15) is 0 Å². The number of aromatic nitrogens is 2. The van der Waals surface area contributed by atoms with Gasteiger partial charge in [0, 0.05) is 30.0 Å². The molecule has 0 aliphatic carbocycles. The molecule has 0 atom stereocenters. The number of nitrogens with zero attached hydrogens (tertiary/aromatic N) is 3. The van der Waals surface area contributed by atoms with E-state index < -0.39 is 0 Å². The van der Waals surface area contributed by atoms with Crippen LogP contribution in [0.3, 0.4) is 0 Å². The van der Waals surface area contributed by atoms with Gasteiger partial charge in [-0.1, -0.05) is 35.0 Å². The molecule has 2 aromatic rings. The fourth-order valence-corrected chi connectivity index (χ4v) is 2.42. The van der Waals surface area contributed by atoms with Crippen molar-refractivity contribution in [3.63, 3.8) is 0 Å². The summed E-state index contributed by atoms with van der Waals surface area (Å²) in [5, 5.41) is 0. The molecule has 1 aromatic carbocycles. The van der Waals surface area contributed by atoms with Crippen molar-refractivity contribution in [3.8, 4) is 0 Å². The lowest BCUT2D eigenvalue weighted by molar-refractivity contribution is 0.849. The molecule has 0 radical (unpaired) electrons. The molecule has 0 unspecified atom stereocenters. The summed E-state index contributed by atoms with van der Waals surface area (Å²) in [6.45, 7) is 4.78. The normalized spacial score (nSPS) is 10.5. The van der Waals surface area contributed by atoms with Crippen molar-refractivity contribution < 1.29 is 0 Å². The first kappa shape index (κ1) is 15.7. The van der Waals surface area contributed by atoms with Crippen molar-refractivity contribution in [2.75, 3.05) is 17.4 Å². The van der Waals surface area contributed by atoms with E-state index in [2.05, 4.69) is 48.4 Å². The average Bonchev–Trinajstić information content (AvgIpc) is 2.49. The van der Waals surface area contributed by atoms with Crippen LogP contribution in [0.4, 0.5) is 11.6 Å². The Morgan fingerprint density at radius 1 is 1.24 bits per heavy atom. The molecule has 0 fully saturated rings. The number of nitrogens with two attached hydrogens (primary N) is 1. The number of halogens is 1. The Morgan fingerprint density at radius 2 is 1.90 bits per heavy atom. The summed E-state index contributed by atoms with van der Waals surface area (Å²) < 4.78 is 1.08. The average molecular weight is 350 g/mol. The Hall–Kier alpha value is -1.66. The van der Waals surface area contributed by atoms with Crippen LogP contribution in [0.5, 0.6) is 0 Å². The minimum atomic E-state index is 0.680. The number of rotatable bonds is 5. The second kappa shape index (κ2) is 6.87. The van der Waals surface area contributed by atoms with Crippen LogP contribution in [0.1, 0.15) is 23.9 Å². The highest BCUT2D eigenvalue weighted by Crippen LogP contribution is 2.24. The molecule has 0 spiro atoms. The van der Waals surface area contributed by atoms with Crippen LogP contribution in [0.25, 0.3) is 0 Å². The summed E-state index contributed by atoms with van der Waals surface area (Å²) in [6.07, 6.45) is 0.772. The number of hydrazine groups is 1. The summed E-state index contributed by atoms with van der Waals surface area (Å²) in [5.41, 5.74) is 4.83. The highest BCUT2D eigenvalue weighted by atomic mass is 79.9. The van der Waals surface area contributed by atoms with Gasteiger partial charge in [0.2, 0.25) is 0 Å². The fourth-order valence-electron chi connectivity index (χ4n) is 2.16. The number of hydrogen-bond acceptors (Lipinski definition) is 5. The van der Waals surface area contributed by atoms with E-state index in [1.807, 2.05) is 33.0 Å². The summed E-state index contributed by atoms with van der Waals surface area (Å²) in [4.78, 5) is 11.1. The van der Waals surface area contributed by atoms with Crippen LogP contribution in [-0.4, -0.2) is 17.0 Å². The number of benzene rings is 1. The largest absolute Gasteiger partial charge is 0.355 e. The van der Waals surface area contributed by atoms with Gasteiger partial charge in [0.1, 0.15) is 17.5 Å². The quantitative estimate of drug-likeness (QED) is 0.641. The van der Waals surface area contributed by atoms with Gasteiger partial charge in [-0.25, -0.2) is 15.8 Å². The molecule has 0 bridgehead atoms. The highest BCUT2D eigenvalue weighted by Gasteiger charge is 2.13. The SMILES string of the molecule is CCc1nc(NN)c(C)c(N(C)Cc2ccc(Br)cc2)n1. The van der Waals surface area contributed by atoms with Crippen molar-refractivity contribution in [2.24, 2.45) is 5.84 Å². The first-order valence-electron chi connectivity index (χ1n) is 6.84. The van der Waals surface area contributed by atoms with Gasteiger partial charge in [-0.15, -0.1) is 0 Å². The monoisotopic (exact) mass is 349 g/mol. The van der Waals surface area contributed by atoms with E-state index in [-0.39, 0.29) is 0 Å². The zero-order valence-corrected chi connectivity index (χ0v) is 14.1. The number of nitrogens with one attached hydrogen (secondary N) is 1. The molecule has 0 saturated heterocycles. The zero-order valence-electron chi connectivity index (χ0n) is 12.5. The molecular formula is C15H20BrN5. The van der Waals surface area contributed by atoms with E-state index in [4.69, 9.17) is 5.84 Å². The lowest BCUT2D eigenvalue weighted by Gasteiger charge is -2.22. The maximum absolute atomic E-state index is 5.55. The van der Waals surface area contributed by atoms with Crippen LogP contribution in [0.15, 0.2) is 28.7 Å². The molecular weight excluding hydrogens is 330 g/mol. The summed E-state index contributed by atoms with van der Waals surface area (Å²) >= 11 is 3.45. The summed E-state index contributed by atoms with van der Waals surface area (Å²) in [5.74, 6) is 7.91. The highest BCUT2D eigenvalue weighted by molar-refractivity contribution is 9.10. The second-order valence-corrected chi connectivity index (χ2v) is 5.83. The molecule has 0 aliphatic heterocycles. The van der Waals surface area contributed by atoms with Crippen molar-refractivity contribution in [2.45, 2.75) is 26.8 Å². The Bertz CT molecular complexity index is 612. The Morgan fingerprint density at radius 3 is 2.48 bits per heavy atom. The number of aryl methyl sites for hydroxylation is 1. The van der Waals surface area contributed by atoms with Crippen molar-refractivity contribution in [1.29, 1.82) is 0 Å². The van der Waals surface area contributed by atoms with Gasteiger partial charge in [0.25, 0.3) is 0 Å². The maximum atomic E-state index is 5.55. The summed E-state index contributed by atoms with van der Waals surface area (Å²) in [6, 6.07) is 8.28. The van der Waals surface area contributed by atoms with Crippen molar-refractivity contribution in [1.82, 2.24) is 9.97 Å². The van der Waals surface area contributed by atoms with Gasteiger partial charge < -0.3 is 10.3 Å². The molecule has 5 nitrogen and oxygen atoms in total. The molecule has 0 amide bonds. The van der Waals surface area contributed by atoms with E-state index in [1.54, 1.807) is 0 Å². The van der Waals surface area contributed by atoms with Gasteiger partial charge in [-0.3, -0.25) is 0 Å². The van der Waals surface area contributed by atoms with E-state index in [0.29, 0.717) is 5.82 Å². The maximum Gasteiger partial charge on any atom is 0.148 e. The smallest absolute Gasteiger partial charge is 0.148 e. The van der Waals surface area contributed by atoms with E-state index >= 15 is 0 Å². The predicted molar refractivity (Wildman–Crippen MR) is 90.2 cm³/mol. The minimum absolute atomic E-state index is 0.680. The first-order chi connectivity index (χ1) is 10.0. The van der Waals surface area contributed by atoms with Gasteiger partial charge in [-0.05, 0) is 24.6 Å². The van der Waals surface area contributed by atoms with E-state index in [0.717, 1.165) is 34.6 Å². The van der Waals surface area contributed by atoms with E-state index in [1.165, 1.54) is 5.56 Å². The van der Waals surface area contributed by atoms with Gasteiger partial charge in [-0.2, -0.15) is 0 Å². The molecule has 1 heterocycles. The Balaban J connectivity index is 2.29. The fraction of sp³-hybridized carbons (Fsp3) is 0.333. The van der Waals surface area contributed by atoms with Gasteiger partial charge in [0.05, 0.1) is 0 Å². The van der Waals surface area contributed by atoms with Crippen molar-refractivity contribution in [3.05, 3.63) is 45.7 Å². The van der Waals surface area contributed by atoms with Crippen LogP contribution in [-0.2, 0) is 13.0 Å². The third-order valence-electron chi connectivity index (χ3n) is 3.31. The van der Waals surface area contributed by atoms with Crippen LogP contribution in [0, 0.1) is 6.92 Å². The van der Waals surface area contributed by atoms with Gasteiger partial charge >= 0.3 is 0 Å². The standard InChI is InChI=1S/C15H20BrN5/c1-4-13-18-14(20-17)10(2)15(19-13)21(3)9-11-5-7-12(16)8-6-11/h5-8H,4,9,17H2,1-3H3,(H,18,19,20). The topological polar surface area (TPSA) is 67.1 Å². The molecule has 0 aliphatic rings. The lowest BCUT2D eigenvalue weighted by Crippen LogP contribution is -2.22. The number of nitrogen functional groups attached to an aromatic ring is 1. The molecule has 21 heavy (non-hydrogen) atoms. The van der Waals surface area contributed by atoms with Crippen molar-refractivity contribution >= 4 is 27.6 Å². The number of anilines is 2. The minimum Gasteiger partial charge on any atom is -0.355 e. The summed E-state index contributed by atoms with van der Waals surface area (Å²) in [7, 11) is 2.02. The first-order valence-corrected chi connectivity index (χ1v) is 7.64. The molecule has 3 N–H and O–H groups in total. The molecule has 6 heteroatoms. The van der Waals surface area contributed by atoms with Gasteiger partial charge in [0.15, 0.2) is 0 Å². The van der Waals surface area contributed by atoms with Crippen LogP contribution in [0.2, 0.25) is 0 Å². The molecule has 0 saturated carbocycles. The molecule has 1 aromatic heterocycles. The third-order valence-corrected chi connectivity index (χ3v) is 3.84. The number of hydrogen-bond donors (Lipinski definition) is 2. The zero-order chi connectivity index (χ0) is 15.4. The van der Waals surface area contributed by atoms with Crippen LogP contribution >= 0.6 is 15.9 Å². The van der Waals surface area contributed by atoms with Crippen LogP contribution < -0.4 is 16.2 Å². The third kappa shape index (κ3) is 3.71. The Labute approximate surface area is 133 Å². The lowest BCUT2D eigenvalue weighted by atomic mass is 10.2. The molecule has 2 rings (SSSR count). The predicted octanol–water partition coefficient (Wildman–Crippen LogP) is 3.03. The molecule has 112 valence electrons. The second-order valence-electron chi connectivity index (χ2n) is 4.92.